The van der Waals surface area contributed by atoms with Crippen molar-refractivity contribution in [2.45, 2.75) is 12.5 Å². The van der Waals surface area contributed by atoms with Gasteiger partial charge in [0.15, 0.2) is 6.04 Å². The van der Waals surface area contributed by atoms with Crippen molar-refractivity contribution in [1.82, 2.24) is 5.32 Å². The number of carbonyl (C=O) groups is 2. The summed E-state index contributed by atoms with van der Waals surface area (Å²) in [5.41, 5.74) is 0.576. The fourth-order valence-electron chi connectivity index (χ4n) is 2.19. The van der Waals surface area contributed by atoms with Gasteiger partial charge in [0.2, 0.25) is 5.91 Å². The summed E-state index contributed by atoms with van der Waals surface area (Å²) in [6.45, 7) is 1.43. The molecule has 0 aliphatic carbocycles. The summed E-state index contributed by atoms with van der Waals surface area (Å²) in [6, 6.07) is 4.75. The van der Waals surface area contributed by atoms with Crippen LogP contribution in [0.25, 0.3) is 0 Å². The Morgan fingerprint density at radius 1 is 1.33 bits per heavy atom. The van der Waals surface area contributed by atoms with Gasteiger partial charge in [0, 0.05) is 23.9 Å². The topological polar surface area (TPSA) is 93.3 Å². The van der Waals surface area contributed by atoms with E-state index in [1.165, 1.54) is 0 Å². The Morgan fingerprint density at radius 2 is 2.00 bits per heavy atom. The van der Waals surface area contributed by atoms with Gasteiger partial charge in [-0.15, -0.1) is 0 Å². The van der Waals surface area contributed by atoms with Crippen molar-refractivity contribution in [2.24, 2.45) is 0 Å². The monoisotopic (exact) mass is 294 g/mol. The second-order valence-corrected chi connectivity index (χ2v) is 4.78. The number of rotatable bonds is 5. The molecule has 0 radical (unpaired) electrons. The van der Waals surface area contributed by atoms with Crippen molar-refractivity contribution in [3.8, 4) is 11.5 Å². The SMILES string of the molecule is COc1cc(NC(=O)C[C@H]2[NH2+]CCNC2=O)cc(OC)c1. The van der Waals surface area contributed by atoms with Gasteiger partial charge in [-0.3, -0.25) is 9.59 Å². The van der Waals surface area contributed by atoms with Crippen LogP contribution in [0, 0.1) is 0 Å². The van der Waals surface area contributed by atoms with Gasteiger partial charge >= 0.3 is 0 Å². The lowest BCUT2D eigenvalue weighted by Gasteiger charge is -2.19. The number of piperazine rings is 1. The Hall–Kier alpha value is -2.28. The fourth-order valence-corrected chi connectivity index (χ4v) is 2.19. The largest absolute Gasteiger partial charge is 0.497 e. The lowest BCUT2D eigenvalue weighted by atomic mass is 10.1. The van der Waals surface area contributed by atoms with Crippen LogP contribution >= 0.6 is 0 Å². The second-order valence-electron chi connectivity index (χ2n) is 4.78. The highest BCUT2D eigenvalue weighted by atomic mass is 16.5. The van der Waals surface area contributed by atoms with E-state index in [0.717, 1.165) is 6.54 Å². The van der Waals surface area contributed by atoms with Crippen molar-refractivity contribution < 1.29 is 24.4 Å². The van der Waals surface area contributed by atoms with E-state index in [0.29, 0.717) is 23.7 Å². The summed E-state index contributed by atoms with van der Waals surface area (Å²) in [5, 5.41) is 7.39. The number of nitrogens with one attached hydrogen (secondary N) is 2. The highest BCUT2D eigenvalue weighted by Gasteiger charge is 2.27. The van der Waals surface area contributed by atoms with Gasteiger partial charge in [0.05, 0.1) is 33.7 Å². The number of methoxy groups -OCH3 is 2. The number of carbonyl (C=O) groups excluding carboxylic acids is 2. The van der Waals surface area contributed by atoms with Crippen molar-refractivity contribution in [2.75, 3.05) is 32.6 Å². The van der Waals surface area contributed by atoms with Crippen LogP contribution in [0.3, 0.4) is 0 Å². The quantitative estimate of drug-likeness (QED) is 0.656. The third-order valence-electron chi connectivity index (χ3n) is 3.27. The van der Waals surface area contributed by atoms with Crippen molar-refractivity contribution in [1.29, 1.82) is 0 Å². The number of hydrogen-bond donors (Lipinski definition) is 3. The molecule has 7 nitrogen and oxygen atoms in total. The van der Waals surface area contributed by atoms with Crippen LogP contribution in [0.2, 0.25) is 0 Å². The van der Waals surface area contributed by atoms with Crippen molar-refractivity contribution in [3.05, 3.63) is 18.2 Å². The first-order chi connectivity index (χ1) is 10.1. The lowest BCUT2D eigenvalue weighted by molar-refractivity contribution is -0.678. The van der Waals surface area contributed by atoms with Crippen LogP contribution in [-0.2, 0) is 9.59 Å². The Bertz CT molecular complexity index is 511. The molecular weight excluding hydrogens is 274 g/mol. The molecule has 2 amide bonds. The summed E-state index contributed by atoms with van der Waals surface area (Å²) < 4.78 is 10.3. The molecule has 7 heteroatoms. The third kappa shape index (κ3) is 4.09. The maximum absolute atomic E-state index is 12.0. The zero-order valence-electron chi connectivity index (χ0n) is 12.1. The molecule has 2 rings (SSSR count). The first-order valence-electron chi connectivity index (χ1n) is 6.76. The minimum absolute atomic E-state index is 0.0976. The molecule has 1 aromatic rings. The molecule has 0 aromatic heterocycles. The number of anilines is 1. The molecule has 1 aliphatic heterocycles. The number of amides is 2. The standard InChI is InChI=1S/C14H19N3O4/c1-20-10-5-9(6-11(7-10)21-2)17-13(18)8-12-14(19)16-4-3-15-12/h5-7,12,15H,3-4,8H2,1-2H3,(H,16,19)(H,17,18)/p+1/t12-/m1/s1. The molecule has 0 spiro atoms. The van der Waals surface area contributed by atoms with E-state index in [4.69, 9.17) is 9.47 Å². The summed E-state index contributed by atoms with van der Waals surface area (Å²) in [4.78, 5) is 23.7. The van der Waals surface area contributed by atoms with E-state index in [1.54, 1.807) is 32.4 Å². The normalized spacial score (nSPS) is 17.8. The lowest BCUT2D eigenvalue weighted by Crippen LogP contribution is -2.96. The maximum Gasteiger partial charge on any atom is 0.278 e. The molecule has 1 aliphatic rings. The Balaban J connectivity index is 2.00. The molecular formula is C14H20N3O4+. The average molecular weight is 294 g/mol. The van der Waals surface area contributed by atoms with Crippen molar-refractivity contribution >= 4 is 17.5 Å². The van der Waals surface area contributed by atoms with E-state index in [2.05, 4.69) is 10.6 Å². The molecule has 1 atom stereocenters. The van der Waals surface area contributed by atoms with Crippen LogP contribution in [0.4, 0.5) is 5.69 Å². The van der Waals surface area contributed by atoms with Crippen LogP contribution < -0.4 is 25.4 Å². The molecule has 114 valence electrons. The smallest absolute Gasteiger partial charge is 0.278 e. The van der Waals surface area contributed by atoms with E-state index in [-0.39, 0.29) is 24.3 Å². The summed E-state index contributed by atoms with van der Waals surface area (Å²) in [5.74, 6) is 0.862. The number of nitrogens with two attached hydrogens (primary N) is 1. The van der Waals surface area contributed by atoms with Crippen molar-refractivity contribution in [3.63, 3.8) is 0 Å². The van der Waals surface area contributed by atoms with Gasteiger partial charge in [-0.1, -0.05) is 0 Å². The summed E-state index contributed by atoms with van der Waals surface area (Å²) >= 11 is 0. The van der Waals surface area contributed by atoms with Crippen LogP contribution in [0.1, 0.15) is 6.42 Å². The number of benzene rings is 1. The Labute approximate surface area is 123 Å². The summed E-state index contributed by atoms with van der Waals surface area (Å²) in [6.07, 6.45) is 0.130. The number of ether oxygens (including phenoxy) is 2. The predicted molar refractivity (Wildman–Crippen MR) is 76.4 cm³/mol. The minimum Gasteiger partial charge on any atom is -0.497 e. The highest BCUT2D eigenvalue weighted by molar-refractivity contribution is 5.95. The van der Waals surface area contributed by atoms with Crippen LogP contribution in [0.5, 0.6) is 11.5 Å². The number of quaternary nitrogens is 1. The first-order valence-corrected chi connectivity index (χ1v) is 6.76. The third-order valence-corrected chi connectivity index (χ3v) is 3.27. The average Bonchev–Trinajstić information content (AvgIpc) is 2.49. The predicted octanol–water partition coefficient (Wildman–Crippen LogP) is -0.906. The molecule has 0 bridgehead atoms. The maximum atomic E-state index is 12.0. The molecule has 1 aromatic carbocycles. The zero-order valence-corrected chi connectivity index (χ0v) is 12.1. The Morgan fingerprint density at radius 3 is 2.57 bits per heavy atom. The van der Waals surface area contributed by atoms with Gasteiger partial charge in [-0.05, 0) is 0 Å². The molecule has 0 unspecified atom stereocenters. The van der Waals surface area contributed by atoms with E-state index in [9.17, 15) is 9.59 Å². The summed E-state index contributed by atoms with van der Waals surface area (Å²) in [7, 11) is 3.09. The fraction of sp³-hybridized carbons (Fsp3) is 0.429. The van der Waals surface area contributed by atoms with Crippen LogP contribution in [0.15, 0.2) is 18.2 Å². The van der Waals surface area contributed by atoms with Crippen LogP contribution in [-0.4, -0.2) is 45.2 Å². The molecule has 1 heterocycles. The molecule has 0 saturated carbocycles. The van der Waals surface area contributed by atoms with Gasteiger partial charge in [0.1, 0.15) is 11.5 Å². The van der Waals surface area contributed by atoms with E-state index >= 15 is 0 Å². The molecule has 4 N–H and O–H groups in total. The molecule has 1 fully saturated rings. The second kappa shape index (κ2) is 6.94. The van der Waals surface area contributed by atoms with Gasteiger partial charge in [0.25, 0.3) is 5.91 Å². The van der Waals surface area contributed by atoms with Gasteiger partial charge in [-0.2, -0.15) is 0 Å². The van der Waals surface area contributed by atoms with Gasteiger partial charge < -0.3 is 25.4 Å². The first kappa shape index (κ1) is 15.1. The number of hydrogen-bond acceptors (Lipinski definition) is 4. The van der Waals surface area contributed by atoms with E-state index in [1.807, 2.05) is 5.32 Å². The minimum atomic E-state index is -0.369. The Kier molecular flexibility index (Phi) is 4.99. The van der Waals surface area contributed by atoms with E-state index < -0.39 is 0 Å². The molecule has 21 heavy (non-hydrogen) atoms. The van der Waals surface area contributed by atoms with Gasteiger partial charge in [-0.25, -0.2) is 0 Å². The zero-order chi connectivity index (χ0) is 15.2. The highest BCUT2D eigenvalue weighted by Crippen LogP contribution is 2.25. The molecule has 1 saturated heterocycles.